The van der Waals surface area contributed by atoms with Crippen LogP contribution in [-0.4, -0.2) is 23.9 Å². The van der Waals surface area contributed by atoms with Gasteiger partial charge in [-0.25, -0.2) is 0 Å². The number of nitrogens with zero attached hydrogens (tertiary/aromatic N) is 1. The highest BCUT2D eigenvalue weighted by Crippen LogP contribution is 2.22. The summed E-state index contributed by atoms with van der Waals surface area (Å²) in [5.41, 5.74) is 0. The monoisotopic (exact) mass is 207 g/mol. The topological polar surface area (TPSA) is 20.3 Å². The molecule has 0 N–H and O–H groups in total. The van der Waals surface area contributed by atoms with Gasteiger partial charge in [-0.3, -0.25) is 4.79 Å². The summed E-state index contributed by atoms with van der Waals surface area (Å²) >= 11 is 1.79. The molecule has 1 saturated heterocycles. The minimum Gasteiger partial charge on any atom is -0.338 e. The average Bonchev–Trinajstić information content (AvgIpc) is 2.61. The van der Waals surface area contributed by atoms with Crippen LogP contribution in [0, 0.1) is 5.92 Å². The molecule has 2 rings (SSSR count). The number of hydrogen-bond donors (Lipinski definition) is 0. The molecule has 1 aliphatic rings. The maximum atomic E-state index is 11.2. The van der Waals surface area contributed by atoms with Gasteiger partial charge >= 0.3 is 0 Å². The molecule has 2 heterocycles. The Hall–Kier alpha value is -1.09. The number of likely N-dealkylation sites (tertiary alicyclic amines) is 1. The quantitative estimate of drug-likeness (QED) is 0.694. The van der Waals surface area contributed by atoms with E-state index in [-0.39, 0.29) is 5.91 Å². The van der Waals surface area contributed by atoms with Gasteiger partial charge in [0.05, 0.1) is 0 Å². The van der Waals surface area contributed by atoms with E-state index in [0.29, 0.717) is 5.92 Å². The van der Waals surface area contributed by atoms with Gasteiger partial charge in [0.15, 0.2) is 0 Å². The van der Waals surface area contributed by atoms with Crippen LogP contribution in [0.4, 0.5) is 0 Å². The molecule has 0 radical (unpaired) electrons. The Kier molecular flexibility index (Phi) is 2.68. The lowest BCUT2D eigenvalue weighted by atomic mass is 9.95. The SMILES string of the molecule is C=CC(=O)N1CC(Cc2cccs2)C1. The zero-order valence-corrected chi connectivity index (χ0v) is 8.80. The predicted octanol–water partition coefficient (Wildman–Crippen LogP) is 1.94. The summed E-state index contributed by atoms with van der Waals surface area (Å²) in [6.45, 7) is 5.26. The van der Waals surface area contributed by atoms with Crippen LogP contribution in [0.1, 0.15) is 4.88 Å². The Morgan fingerprint density at radius 1 is 1.71 bits per heavy atom. The van der Waals surface area contributed by atoms with Gasteiger partial charge in [0.1, 0.15) is 0 Å². The fraction of sp³-hybridized carbons (Fsp3) is 0.364. The Labute approximate surface area is 87.9 Å². The molecule has 1 fully saturated rings. The lowest BCUT2D eigenvalue weighted by molar-refractivity contribution is -0.131. The zero-order valence-electron chi connectivity index (χ0n) is 7.98. The highest BCUT2D eigenvalue weighted by molar-refractivity contribution is 7.09. The van der Waals surface area contributed by atoms with Crippen molar-refractivity contribution in [2.75, 3.05) is 13.1 Å². The minimum absolute atomic E-state index is 0.0624. The molecule has 0 aromatic carbocycles. The summed E-state index contributed by atoms with van der Waals surface area (Å²) < 4.78 is 0. The number of thiophene rings is 1. The first-order chi connectivity index (χ1) is 6.79. The van der Waals surface area contributed by atoms with E-state index in [1.165, 1.54) is 11.0 Å². The molecular weight excluding hydrogens is 194 g/mol. The number of carbonyl (C=O) groups excluding carboxylic acids is 1. The second-order valence-corrected chi connectivity index (χ2v) is 4.63. The summed E-state index contributed by atoms with van der Waals surface area (Å²) in [6.07, 6.45) is 2.50. The fourth-order valence-corrected chi connectivity index (χ4v) is 2.54. The van der Waals surface area contributed by atoms with Crippen LogP contribution < -0.4 is 0 Å². The van der Waals surface area contributed by atoms with E-state index in [4.69, 9.17) is 0 Å². The lowest BCUT2D eigenvalue weighted by Gasteiger charge is -2.38. The Morgan fingerprint density at radius 3 is 3.07 bits per heavy atom. The van der Waals surface area contributed by atoms with E-state index in [9.17, 15) is 4.79 Å². The van der Waals surface area contributed by atoms with E-state index >= 15 is 0 Å². The summed E-state index contributed by atoms with van der Waals surface area (Å²) in [6, 6.07) is 4.23. The molecule has 1 aromatic heterocycles. The van der Waals surface area contributed by atoms with Crippen LogP contribution in [0.5, 0.6) is 0 Å². The largest absolute Gasteiger partial charge is 0.338 e. The van der Waals surface area contributed by atoms with Crippen molar-refractivity contribution in [1.29, 1.82) is 0 Å². The van der Waals surface area contributed by atoms with E-state index in [2.05, 4.69) is 24.1 Å². The van der Waals surface area contributed by atoms with Crippen LogP contribution in [0.3, 0.4) is 0 Å². The second-order valence-electron chi connectivity index (χ2n) is 3.60. The van der Waals surface area contributed by atoms with Gasteiger partial charge < -0.3 is 4.90 Å². The van der Waals surface area contributed by atoms with Gasteiger partial charge in [-0.1, -0.05) is 12.6 Å². The molecule has 0 bridgehead atoms. The van der Waals surface area contributed by atoms with Gasteiger partial charge in [-0.05, 0) is 29.9 Å². The maximum absolute atomic E-state index is 11.2. The smallest absolute Gasteiger partial charge is 0.245 e. The highest BCUT2D eigenvalue weighted by Gasteiger charge is 2.29. The molecule has 3 heteroatoms. The van der Waals surface area contributed by atoms with Gasteiger partial charge in [-0.2, -0.15) is 0 Å². The molecule has 1 amide bonds. The second kappa shape index (κ2) is 3.96. The minimum atomic E-state index is 0.0624. The van der Waals surface area contributed by atoms with E-state index in [1.807, 2.05) is 4.90 Å². The molecule has 0 aliphatic carbocycles. The lowest BCUT2D eigenvalue weighted by Crippen LogP contribution is -2.50. The molecular formula is C11H13NOS. The molecule has 74 valence electrons. The Bertz CT molecular complexity index is 325. The van der Waals surface area contributed by atoms with E-state index in [1.54, 1.807) is 11.3 Å². The Balaban J connectivity index is 1.78. The van der Waals surface area contributed by atoms with Gasteiger partial charge in [-0.15, -0.1) is 11.3 Å². The van der Waals surface area contributed by atoms with Crippen molar-refractivity contribution in [3.8, 4) is 0 Å². The molecule has 1 aromatic rings. The maximum Gasteiger partial charge on any atom is 0.245 e. The predicted molar refractivity (Wildman–Crippen MR) is 58.3 cm³/mol. The summed E-state index contributed by atoms with van der Waals surface area (Å²) in [5, 5.41) is 2.10. The van der Waals surface area contributed by atoms with Crippen molar-refractivity contribution in [3.05, 3.63) is 35.0 Å². The van der Waals surface area contributed by atoms with Crippen molar-refractivity contribution >= 4 is 17.2 Å². The van der Waals surface area contributed by atoms with Crippen LogP contribution >= 0.6 is 11.3 Å². The molecule has 14 heavy (non-hydrogen) atoms. The molecule has 1 aliphatic heterocycles. The van der Waals surface area contributed by atoms with Gasteiger partial charge in [0.25, 0.3) is 0 Å². The first kappa shape index (κ1) is 9.46. The number of carbonyl (C=O) groups is 1. The molecule has 0 spiro atoms. The molecule has 0 atom stereocenters. The fourth-order valence-electron chi connectivity index (χ4n) is 1.72. The third-order valence-electron chi connectivity index (χ3n) is 2.51. The first-order valence-corrected chi connectivity index (χ1v) is 5.61. The van der Waals surface area contributed by atoms with E-state index < -0.39 is 0 Å². The van der Waals surface area contributed by atoms with Crippen LogP contribution in [0.25, 0.3) is 0 Å². The third-order valence-corrected chi connectivity index (χ3v) is 3.41. The standard InChI is InChI=1S/C11H13NOS/c1-2-11(13)12-7-9(8-12)6-10-4-3-5-14-10/h2-5,9H,1,6-8H2. The number of amides is 1. The van der Waals surface area contributed by atoms with Gasteiger partial charge in [0.2, 0.25) is 5.91 Å². The number of hydrogen-bond acceptors (Lipinski definition) is 2. The number of rotatable bonds is 3. The summed E-state index contributed by atoms with van der Waals surface area (Å²) in [5.74, 6) is 0.713. The Morgan fingerprint density at radius 2 is 2.50 bits per heavy atom. The normalized spacial score (nSPS) is 16.4. The van der Waals surface area contributed by atoms with Crippen LogP contribution in [-0.2, 0) is 11.2 Å². The van der Waals surface area contributed by atoms with Crippen molar-refractivity contribution in [2.24, 2.45) is 5.92 Å². The molecule has 0 unspecified atom stereocenters. The molecule has 0 saturated carbocycles. The van der Waals surface area contributed by atoms with E-state index in [0.717, 1.165) is 19.5 Å². The van der Waals surface area contributed by atoms with Crippen LogP contribution in [0.15, 0.2) is 30.2 Å². The first-order valence-electron chi connectivity index (χ1n) is 4.73. The van der Waals surface area contributed by atoms with Crippen LogP contribution in [0.2, 0.25) is 0 Å². The van der Waals surface area contributed by atoms with Crippen molar-refractivity contribution in [1.82, 2.24) is 4.90 Å². The van der Waals surface area contributed by atoms with Gasteiger partial charge in [0, 0.05) is 18.0 Å². The van der Waals surface area contributed by atoms with Crippen molar-refractivity contribution in [3.63, 3.8) is 0 Å². The van der Waals surface area contributed by atoms with Crippen molar-refractivity contribution in [2.45, 2.75) is 6.42 Å². The van der Waals surface area contributed by atoms with Crippen molar-refractivity contribution < 1.29 is 4.79 Å². The highest BCUT2D eigenvalue weighted by atomic mass is 32.1. The molecule has 2 nitrogen and oxygen atoms in total. The average molecular weight is 207 g/mol. The third kappa shape index (κ3) is 1.87. The zero-order chi connectivity index (χ0) is 9.97. The summed E-state index contributed by atoms with van der Waals surface area (Å²) in [4.78, 5) is 14.4. The summed E-state index contributed by atoms with van der Waals surface area (Å²) in [7, 11) is 0.